The molecule has 0 spiro atoms. The van der Waals surface area contributed by atoms with Crippen LogP contribution >= 0.6 is 0 Å². The number of nitrogens with two attached hydrogens (primary N) is 1. The first-order chi connectivity index (χ1) is 9.55. The van der Waals surface area contributed by atoms with E-state index in [2.05, 4.69) is 18.9 Å². The number of aliphatic hydroxyl groups is 1. The molecule has 0 aromatic heterocycles. The Hall–Kier alpha value is -0.900. The monoisotopic (exact) mass is 276 g/mol. The lowest BCUT2D eigenvalue weighted by Crippen LogP contribution is -2.48. The minimum absolute atomic E-state index is 0.254. The number of nitrogens with zero attached hydrogens (tertiary/aromatic N) is 1. The third-order valence-electron chi connectivity index (χ3n) is 4.69. The molecule has 1 aromatic carbocycles. The highest BCUT2D eigenvalue weighted by atomic mass is 16.3. The molecule has 1 aliphatic rings. The van der Waals surface area contributed by atoms with Crippen LogP contribution in [-0.2, 0) is 5.60 Å². The lowest BCUT2D eigenvalue weighted by molar-refractivity contribution is -0.00454. The van der Waals surface area contributed by atoms with Crippen LogP contribution in [0.15, 0.2) is 30.3 Å². The van der Waals surface area contributed by atoms with E-state index < -0.39 is 5.60 Å². The molecule has 20 heavy (non-hydrogen) atoms. The molecule has 3 N–H and O–H groups in total. The van der Waals surface area contributed by atoms with E-state index in [-0.39, 0.29) is 6.54 Å². The molecule has 0 heterocycles. The summed E-state index contributed by atoms with van der Waals surface area (Å²) in [6.07, 6.45) is 5.09. The Balaban J connectivity index is 2.05. The predicted octanol–water partition coefficient (Wildman–Crippen LogP) is 2.34. The quantitative estimate of drug-likeness (QED) is 0.868. The van der Waals surface area contributed by atoms with Crippen molar-refractivity contribution in [3.05, 3.63) is 35.9 Å². The summed E-state index contributed by atoms with van der Waals surface area (Å²) < 4.78 is 0. The van der Waals surface area contributed by atoms with Gasteiger partial charge in [0.1, 0.15) is 5.60 Å². The average Bonchev–Trinajstić information content (AvgIpc) is 2.48. The molecule has 3 atom stereocenters. The van der Waals surface area contributed by atoms with Crippen molar-refractivity contribution in [2.45, 2.75) is 44.2 Å². The Morgan fingerprint density at radius 3 is 2.60 bits per heavy atom. The smallest absolute Gasteiger partial charge is 0.114 e. The van der Waals surface area contributed by atoms with Crippen molar-refractivity contribution in [2.75, 3.05) is 20.1 Å². The number of hydrogen-bond acceptors (Lipinski definition) is 3. The fourth-order valence-electron chi connectivity index (χ4n) is 3.37. The summed E-state index contributed by atoms with van der Waals surface area (Å²) in [5, 5.41) is 10.9. The van der Waals surface area contributed by atoms with E-state index in [1.165, 1.54) is 25.7 Å². The summed E-state index contributed by atoms with van der Waals surface area (Å²) in [4.78, 5) is 2.30. The van der Waals surface area contributed by atoms with Gasteiger partial charge in [-0.25, -0.2) is 0 Å². The highest BCUT2D eigenvalue weighted by Gasteiger charge is 2.32. The zero-order chi connectivity index (χ0) is 14.6. The van der Waals surface area contributed by atoms with Gasteiger partial charge in [0.25, 0.3) is 0 Å². The van der Waals surface area contributed by atoms with Crippen molar-refractivity contribution in [1.29, 1.82) is 0 Å². The van der Waals surface area contributed by atoms with Crippen LogP contribution in [0.5, 0.6) is 0 Å². The molecule has 112 valence electrons. The fourth-order valence-corrected chi connectivity index (χ4v) is 3.37. The Morgan fingerprint density at radius 2 is 2.00 bits per heavy atom. The molecule has 2 rings (SSSR count). The summed E-state index contributed by atoms with van der Waals surface area (Å²) in [5.41, 5.74) is 5.83. The first kappa shape index (κ1) is 15.5. The zero-order valence-corrected chi connectivity index (χ0v) is 12.8. The predicted molar refractivity (Wildman–Crippen MR) is 83.4 cm³/mol. The van der Waals surface area contributed by atoms with Crippen molar-refractivity contribution in [1.82, 2.24) is 4.90 Å². The van der Waals surface area contributed by atoms with Gasteiger partial charge in [0.15, 0.2) is 0 Å². The van der Waals surface area contributed by atoms with E-state index in [9.17, 15) is 5.11 Å². The molecule has 0 amide bonds. The van der Waals surface area contributed by atoms with Crippen molar-refractivity contribution < 1.29 is 5.11 Å². The molecular weight excluding hydrogens is 248 g/mol. The summed E-state index contributed by atoms with van der Waals surface area (Å²) in [6.45, 7) is 3.18. The van der Waals surface area contributed by atoms with E-state index in [0.717, 1.165) is 11.5 Å². The first-order valence-electron chi connectivity index (χ1n) is 7.73. The fraction of sp³-hybridized carbons (Fsp3) is 0.647. The van der Waals surface area contributed by atoms with Crippen molar-refractivity contribution in [2.24, 2.45) is 11.7 Å². The molecule has 0 bridgehead atoms. The van der Waals surface area contributed by atoms with Gasteiger partial charge in [-0.2, -0.15) is 0 Å². The van der Waals surface area contributed by atoms with Gasteiger partial charge in [0.05, 0.1) is 0 Å². The Kier molecular flexibility index (Phi) is 5.19. The van der Waals surface area contributed by atoms with Crippen LogP contribution in [0.2, 0.25) is 0 Å². The maximum absolute atomic E-state index is 10.9. The molecule has 1 fully saturated rings. The van der Waals surface area contributed by atoms with E-state index >= 15 is 0 Å². The van der Waals surface area contributed by atoms with E-state index in [1.807, 2.05) is 30.3 Å². The average molecular weight is 276 g/mol. The lowest BCUT2D eigenvalue weighted by atomic mass is 9.85. The van der Waals surface area contributed by atoms with Gasteiger partial charge in [-0.3, -0.25) is 0 Å². The van der Waals surface area contributed by atoms with E-state index in [4.69, 9.17) is 5.73 Å². The van der Waals surface area contributed by atoms with Gasteiger partial charge in [-0.05, 0) is 31.4 Å². The number of hydrogen-bond donors (Lipinski definition) is 2. The van der Waals surface area contributed by atoms with E-state index in [1.54, 1.807) is 0 Å². The van der Waals surface area contributed by atoms with Crippen LogP contribution in [0.4, 0.5) is 0 Å². The van der Waals surface area contributed by atoms with Gasteiger partial charge in [0, 0.05) is 19.1 Å². The maximum atomic E-state index is 10.9. The number of rotatable bonds is 5. The van der Waals surface area contributed by atoms with Gasteiger partial charge in [-0.15, -0.1) is 0 Å². The molecule has 1 saturated carbocycles. The summed E-state index contributed by atoms with van der Waals surface area (Å²) in [7, 11) is 2.12. The molecule has 3 unspecified atom stereocenters. The van der Waals surface area contributed by atoms with Gasteiger partial charge in [0.2, 0.25) is 0 Å². The summed E-state index contributed by atoms with van der Waals surface area (Å²) >= 11 is 0. The van der Waals surface area contributed by atoms with Crippen molar-refractivity contribution in [3.8, 4) is 0 Å². The first-order valence-corrected chi connectivity index (χ1v) is 7.73. The summed E-state index contributed by atoms with van der Waals surface area (Å²) in [5.74, 6) is 0.791. The molecule has 0 radical (unpaired) electrons. The molecule has 1 aromatic rings. The number of benzene rings is 1. The topological polar surface area (TPSA) is 49.5 Å². The second-order valence-corrected chi connectivity index (χ2v) is 6.44. The van der Waals surface area contributed by atoms with Gasteiger partial charge >= 0.3 is 0 Å². The molecular formula is C17H28N2O. The minimum Gasteiger partial charge on any atom is -0.382 e. The van der Waals surface area contributed by atoms with E-state index in [0.29, 0.717) is 12.6 Å². The third-order valence-corrected chi connectivity index (χ3v) is 4.69. The Bertz CT molecular complexity index is 409. The lowest BCUT2D eigenvalue weighted by Gasteiger charge is -2.39. The Morgan fingerprint density at radius 1 is 1.30 bits per heavy atom. The standard InChI is InChI=1S/C17H28N2O/c1-14-7-6-10-16(11-14)19(2)13-17(20,12-18)15-8-4-3-5-9-15/h3-5,8-9,14,16,20H,6-7,10-13,18H2,1-2H3. The molecule has 0 saturated heterocycles. The van der Waals surface area contributed by atoms with Crippen LogP contribution in [0.1, 0.15) is 38.2 Å². The van der Waals surface area contributed by atoms with Crippen LogP contribution < -0.4 is 5.73 Å². The molecule has 3 heteroatoms. The molecule has 0 aliphatic heterocycles. The van der Waals surface area contributed by atoms with Crippen LogP contribution in [0, 0.1) is 5.92 Å². The van der Waals surface area contributed by atoms with Crippen LogP contribution in [0.25, 0.3) is 0 Å². The van der Waals surface area contributed by atoms with Crippen molar-refractivity contribution in [3.63, 3.8) is 0 Å². The number of likely N-dealkylation sites (N-methyl/N-ethyl adjacent to an activating group) is 1. The second kappa shape index (κ2) is 6.70. The summed E-state index contributed by atoms with van der Waals surface area (Å²) in [6, 6.07) is 10.4. The normalized spacial score (nSPS) is 26.4. The van der Waals surface area contributed by atoms with Gasteiger partial charge < -0.3 is 15.7 Å². The highest BCUT2D eigenvalue weighted by Crippen LogP contribution is 2.29. The SMILES string of the molecule is CC1CCCC(N(C)CC(O)(CN)c2ccccc2)C1. The highest BCUT2D eigenvalue weighted by molar-refractivity contribution is 5.23. The molecule has 3 nitrogen and oxygen atoms in total. The Labute approximate surface area is 122 Å². The van der Waals surface area contributed by atoms with Crippen LogP contribution in [0.3, 0.4) is 0 Å². The third kappa shape index (κ3) is 3.60. The largest absolute Gasteiger partial charge is 0.382 e. The second-order valence-electron chi connectivity index (χ2n) is 6.44. The van der Waals surface area contributed by atoms with Crippen LogP contribution in [-0.4, -0.2) is 36.2 Å². The minimum atomic E-state index is -0.948. The van der Waals surface area contributed by atoms with Gasteiger partial charge in [-0.1, -0.05) is 50.1 Å². The zero-order valence-electron chi connectivity index (χ0n) is 12.8. The maximum Gasteiger partial charge on any atom is 0.114 e. The molecule has 1 aliphatic carbocycles. The van der Waals surface area contributed by atoms with Crippen molar-refractivity contribution >= 4 is 0 Å².